The molecule has 2 aromatic rings. The Kier molecular flexibility index (Phi) is 3.57. The van der Waals surface area contributed by atoms with Gasteiger partial charge < -0.3 is 10.7 Å². The van der Waals surface area contributed by atoms with Crippen LogP contribution in [0.5, 0.6) is 0 Å². The molecule has 0 fully saturated rings. The van der Waals surface area contributed by atoms with E-state index in [0.29, 0.717) is 5.69 Å². The highest BCUT2D eigenvalue weighted by molar-refractivity contribution is 5.51. The van der Waals surface area contributed by atoms with Crippen LogP contribution in [0.2, 0.25) is 0 Å². The van der Waals surface area contributed by atoms with Crippen LogP contribution in [0.4, 0.5) is 5.69 Å². The Morgan fingerprint density at radius 1 is 0.812 bits per heavy atom. The fraction of sp³-hybridized carbons (Fsp3) is 0.143. The molecule has 16 heavy (non-hydrogen) atoms. The number of para-hydroxylation sites is 1. The van der Waals surface area contributed by atoms with Crippen LogP contribution in [-0.4, -0.2) is 0 Å². The largest absolute Gasteiger partial charge is 0.761 e. The maximum Gasteiger partial charge on any atom is 0.0265 e. The Labute approximate surface area is 95.5 Å². The topological polar surface area (TPSA) is 35.1 Å². The third-order valence-electron chi connectivity index (χ3n) is 2.65. The van der Waals surface area contributed by atoms with Crippen molar-refractivity contribution in [3.8, 4) is 0 Å². The average Bonchev–Trinajstić information content (AvgIpc) is 2.38. The van der Waals surface area contributed by atoms with Crippen molar-refractivity contribution in [1.82, 2.24) is 0 Å². The van der Waals surface area contributed by atoms with Crippen LogP contribution in [0.25, 0.3) is 0 Å². The lowest BCUT2D eigenvalue weighted by Gasteiger charge is -2.14. The van der Waals surface area contributed by atoms with Gasteiger partial charge in [-0.3, -0.25) is 0 Å². The van der Waals surface area contributed by atoms with E-state index in [-0.39, 0.29) is 0 Å². The first-order valence-electron chi connectivity index (χ1n) is 5.40. The zero-order chi connectivity index (χ0) is 11.2. The second-order valence-electron chi connectivity index (χ2n) is 3.74. The van der Waals surface area contributed by atoms with E-state index in [0.717, 1.165) is 18.4 Å². The van der Waals surface area contributed by atoms with Gasteiger partial charge in [0.2, 0.25) is 0 Å². The molecular formula is C14H14NO-. The van der Waals surface area contributed by atoms with E-state index >= 15 is 0 Å². The lowest BCUT2D eigenvalue weighted by molar-refractivity contribution is 0.962. The van der Waals surface area contributed by atoms with Crippen molar-refractivity contribution >= 4 is 5.69 Å². The van der Waals surface area contributed by atoms with Gasteiger partial charge in [-0.15, -0.1) is 0 Å². The lowest BCUT2D eigenvalue weighted by Crippen LogP contribution is -1.96. The minimum absolute atomic E-state index is 0.679. The van der Waals surface area contributed by atoms with Crippen LogP contribution in [0.1, 0.15) is 11.1 Å². The van der Waals surface area contributed by atoms with Crippen molar-refractivity contribution in [1.29, 1.82) is 0 Å². The van der Waals surface area contributed by atoms with E-state index in [1.807, 2.05) is 47.9 Å². The molecule has 2 rings (SSSR count). The van der Waals surface area contributed by atoms with Crippen LogP contribution in [0.15, 0.2) is 54.6 Å². The molecule has 0 saturated carbocycles. The Bertz CT molecular complexity index is 439. The van der Waals surface area contributed by atoms with Crippen LogP contribution in [0.3, 0.4) is 0 Å². The van der Waals surface area contributed by atoms with Crippen molar-refractivity contribution in [3.63, 3.8) is 0 Å². The highest BCUT2D eigenvalue weighted by Crippen LogP contribution is 2.16. The Morgan fingerprint density at radius 2 is 1.50 bits per heavy atom. The first-order valence-corrected chi connectivity index (χ1v) is 5.40. The molecule has 0 unspecified atom stereocenters. The highest BCUT2D eigenvalue weighted by Gasteiger charge is 1.98. The summed E-state index contributed by atoms with van der Waals surface area (Å²) in [5, 5.41) is 10.7. The minimum Gasteiger partial charge on any atom is -0.761 e. The summed E-state index contributed by atoms with van der Waals surface area (Å²) in [6.45, 7) is 0. The summed E-state index contributed by atoms with van der Waals surface area (Å²) in [6.07, 6.45) is 1.84. The molecule has 0 saturated heterocycles. The number of nitrogens with one attached hydrogen (secondary N) is 1. The molecule has 0 aromatic heterocycles. The van der Waals surface area contributed by atoms with Gasteiger partial charge in [0, 0.05) is 5.69 Å². The van der Waals surface area contributed by atoms with E-state index in [2.05, 4.69) is 12.1 Å². The second kappa shape index (κ2) is 5.33. The Morgan fingerprint density at radius 3 is 2.25 bits per heavy atom. The lowest BCUT2D eigenvalue weighted by atomic mass is 10.0. The van der Waals surface area contributed by atoms with Crippen LogP contribution in [0, 0.1) is 5.21 Å². The van der Waals surface area contributed by atoms with Crippen molar-refractivity contribution in [2.24, 2.45) is 0 Å². The molecular weight excluding hydrogens is 198 g/mol. The van der Waals surface area contributed by atoms with E-state index in [9.17, 15) is 5.21 Å². The number of hydrogen-bond acceptors (Lipinski definition) is 2. The molecule has 0 bridgehead atoms. The van der Waals surface area contributed by atoms with Gasteiger partial charge in [0.1, 0.15) is 0 Å². The monoisotopic (exact) mass is 212 g/mol. The summed E-state index contributed by atoms with van der Waals surface area (Å²) in [4.78, 5) is 0. The predicted molar refractivity (Wildman–Crippen MR) is 67.3 cm³/mol. The maximum absolute atomic E-state index is 10.7. The smallest absolute Gasteiger partial charge is 0.0265 e. The Hall–Kier alpha value is -1.80. The SMILES string of the molecule is [O-]Nc1ccccc1CCc1ccccc1. The second-order valence-corrected chi connectivity index (χ2v) is 3.74. The van der Waals surface area contributed by atoms with Gasteiger partial charge in [0.15, 0.2) is 0 Å². The number of hydrogen-bond donors (Lipinski definition) is 1. The van der Waals surface area contributed by atoms with Gasteiger partial charge in [-0.1, -0.05) is 48.5 Å². The van der Waals surface area contributed by atoms with E-state index in [1.54, 1.807) is 0 Å². The van der Waals surface area contributed by atoms with Gasteiger partial charge in [0.05, 0.1) is 0 Å². The maximum atomic E-state index is 10.7. The predicted octanol–water partition coefficient (Wildman–Crippen LogP) is 3.38. The summed E-state index contributed by atoms with van der Waals surface area (Å²) in [7, 11) is 0. The molecule has 82 valence electrons. The van der Waals surface area contributed by atoms with Crippen molar-refractivity contribution in [3.05, 3.63) is 70.9 Å². The molecule has 0 radical (unpaired) electrons. The van der Waals surface area contributed by atoms with Crippen molar-refractivity contribution < 1.29 is 0 Å². The summed E-state index contributed by atoms with van der Waals surface area (Å²) in [6, 6.07) is 17.9. The molecule has 0 spiro atoms. The number of anilines is 1. The molecule has 0 aliphatic carbocycles. The van der Waals surface area contributed by atoms with Gasteiger partial charge in [-0.05, 0) is 30.0 Å². The van der Waals surface area contributed by atoms with Crippen LogP contribution in [-0.2, 0) is 12.8 Å². The van der Waals surface area contributed by atoms with Gasteiger partial charge in [-0.2, -0.15) is 0 Å². The van der Waals surface area contributed by atoms with E-state index < -0.39 is 0 Å². The number of aryl methyl sites for hydroxylation is 2. The third kappa shape index (κ3) is 2.61. The standard InChI is InChI=1S/C14H14NO/c16-15-14-9-5-4-8-13(14)11-10-12-6-2-1-3-7-12/h1-9,15H,10-11H2/q-1. The quantitative estimate of drug-likeness (QED) is 0.788. The fourth-order valence-electron chi connectivity index (χ4n) is 1.76. The van der Waals surface area contributed by atoms with Crippen LogP contribution >= 0.6 is 0 Å². The molecule has 0 atom stereocenters. The Balaban J connectivity index is 2.05. The van der Waals surface area contributed by atoms with Gasteiger partial charge in [0.25, 0.3) is 0 Å². The number of benzene rings is 2. The number of rotatable bonds is 4. The van der Waals surface area contributed by atoms with Crippen molar-refractivity contribution in [2.75, 3.05) is 5.48 Å². The van der Waals surface area contributed by atoms with Gasteiger partial charge >= 0.3 is 0 Å². The zero-order valence-electron chi connectivity index (χ0n) is 9.02. The normalized spacial score (nSPS) is 10.1. The highest BCUT2D eigenvalue weighted by atomic mass is 16.5. The average molecular weight is 212 g/mol. The molecule has 1 N–H and O–H groups in total. The van der Waals surface area contributed by atoms with Crippen molar-refractivity contribution in [2.45, 2.75) is 12.8 Å². The fourth-order valence-corrected chi connectivity index (χ4v) is 1.76. The summed E-state index contributed by atoms with van der Waals surface area (Å²) in [5.74, 6) is 0. The third-order valence-corrected chi connectivity index (χ3v) is 2.65. The van der Waals surface area contributed by atoms with E-state index in [4.69, 9.17) is 0 Å². The summed E-state index contributed by atoms with van der Waals surface area (Å²) >= 11 is 0. The first-order chi connectivity index (χ1) is 7.90. The molecule has 2 aromatic carbocycles. The van der Waals surface area contributed by atoms with Crippen LogP contribution < -0.4 is 5.48 Å². The molecule has 0 heterocycles. The minimum atomic E-state index is 0.679. The zero-order valence-corrected chi connectivity index (χ0v) is 9.02. The molecule has 2 heteroatoms. The summed E-state index contributed by atoms with van der Waals surface area (Å²) < 4.78 is 0. The first kappa shape index (κ1) is 10.7. The van der Waals surface area contributed by atoms with E-state index in [1.165, 1.54) is 5.56 Å². The molecule has 0 amide bonds. The molecule has 2 nitrogen and oxygen atoms in total. The molecule has 0 aliphatic rings. The summed E-state index contributed by atoms with van der Waals surface area (Å²) in [5.41, 5.74) is 5.03. The van der Waals surface area contributed by atoms with Gasteiger partial charge in [-0.25, -0.2) is 0 Å². The molecule has 0 aliphatic heterocycles.